The van der Waals surface area contributed by atoms with Crippen molar-refractivity contribution in [3.05, 3.63) is 34.7 Å². The third-order valence-electron chi connectivity index (χ3n) is 3.01. The molecule has 0 bridgehead atoms. The van der Waals surface area contributed by atoms with Crippen LogP contribution in [-0.4, -0.2) is 31.0 Å². The van der Waals surface area contributed by atoms with Gasteiger partial charge in [0, 0.05) is 25.2 Å². The molecule has 20 heavy (non-hydrogen) atoms. The van der Waals surface area contributed by atoms with E-state index in [1.165, 1.54) is 5.56 Å². The lowest BCUT2D eigenvalue weighted by molar-refractivity contribution is 0.402. The van der Waals surface area contributed by atoms with Gasteiger partial charge in [0.2, 0.25) is 0 Å². The second kappa shape index (κ2) is 6.35. The van der Waals surface area contributed by atoms with E-state index in [-0.39, 0.29) is 6.04 Å². The Labute approximate surface area is 124 Å². The summed E-state index contributed by atoms with van der Waals surface area (Å²) in [6.45, 7) is 2.94. The van der Waals surface area contributed by atoms with Crippen molar-refractivity contribution in [3.63, 3.8) is 0 Å². The van der Waals surface area contributed by atoms with Gasteiger partial charge in [0.25, 0.3) is 0 Å². The maximum atomic E-state index is 6.05. The fraction of sp³-hybridized carbons (Fsp3) is 0.400. The minimum absolute atomic E-state index is 0.00829. The molecule has 0 aliphatic rings. The quantitative estimate of drug-likeness (QED) is 0.889. The van der Waals surface area contributed by atoms with E-state index in [4.69, 9.17) is 5.73 Å². The van der Waals surface area contributed by atoms with Gasteiger partial charge < -0.3 is 16.0 Å². The molecular formula is C15H22N4S. The average molecular weight is 290 g/mol. The highest BCUT2D eigenvalue weighted by Gasteiger charge is 2.15. The Morgan fingerprint density at radius 2 is 1.95 bits per heavy atom. The van der Waals surface area contributed by atoms with E-state index in [9.17, 15) is 0 Å². The summed E-state index contributed by atoms with van der Waals surface area (Å²) in [4.78, 5) is 7.90. The van der Waals surface area contributed by atoms with Gasteiger partial charge in [-0.1, -0.05) is 35.6 Å². The van der Waals surface area contributed by atoms with Crippen molar-refractivity contribution in [3.8, 4) is 11.3 Å². The number of rotatable bonds is 5. The summed E-state index contributed by atoms with van der Waals surface area (Å²) in [6.07, 6.45) is 0. The standard InChI is InChI=1S/C15H22N4S/c1-10(16)14-13(18-15(17-2)20-14)12-7-5-11(6-8-12)9-19(3)4/h5-8,10H,9,16H2,1-4H3,(H,17,18). The van der Waals surface area contributed by atoms with Gasteiger partial charge in [-0.15, -0.1) is 0 Å². The van der Waals surface area contributed by atoms with Gasteiger partial charge >= 0.3 is 0 Å². The van der Waals surface area contributed by atoms with E-state index in [0.29, 0.717) is 0 Å². The molecule has 108 valence electrons. The Morgan fingerprint density at radius 1 is 1.30 bits per heavy atom. The summed E-state index contributed by atoms with van der Waals surface area (Å²) in [5.74, 6) is 0. The molecule has 0 spiro atoms. The number of nitrogens with two attached hydrogens (primary N) is 1. The molecule has 5 heteroatoms. The van der Waals surface area contributed by atoms with Crippen LogP contribution >= 0.6 is 11.3 Å². The van der Waals surface area contributed by atoms with Crippen LogP contribution in [0.2, 0.25) is 0 Å². The number of nitrogens with one attached hydrogen (secondary N) is 1. The van der Waals surface area contributed by atoms with E-state index in [1.807, 2.05) is 14.0 Å². The molecule has 1 aromatic carbocycles. The maximum absolute atomic E-state index is 6.05. The summed E-state index contributed by atoms with van der Waals surface area (Å²) in [5, 5.41) is 4.00. The number of benzene rings is 1. The van der Waals surface area contributed by atoms with Crippen LogP contribution in [0.25, 0.3) is 11.3 Å². The van der Waals surface area contributed by atoms with Crippen LogP contribution in [0.5, 0.6) is 0 Å². The monoisotopic (exact) mass is 290 g/mol. The Kier molecular flexibility index (Phi) is 4.75. The topological polar surface area (TPSA) is 54.2 Å². The first-order valence-corrected chi connectivity index (χ1v) is 7.51. The van der Waals surface area contributed by atoms with Crippen molar-refractivity contribution in [1.82, 2.24) is 9.88 Å². The van der Waals surface area contributed by atoms with Crippen molar-refractivity contribution >= 4 is 16.5 Å². The highest BCUT2D eigenvalue weighted by molar-refractivity contribution is 7.16. The molecule has 0 saturated heterocycles. The maximum Gasteiger partial charge on any atom is 0.183 e. The van der Waals surface area contributed by atoms with Gasteiger partial charge in [0.15, 0.2) is 5.13 Å². The van der Waals surface area contributed by atoms with Crippen molar-refractivity contribution < 1.29 is 0 Å². The molecular weight excluding hydrogens is 268 g/mol. The van der Waals surface area contributed by atoms with Crippen LogP contribution in [0, 0.1) is 0 Å². The van der Waals surface area contributed by atoms with Gasteiger partial charge in [0.05, 0.1) is 10.6 Å². The van der Waals surface area contributed by atoms with Crippen LogP contribution < -0.4 is 11.1 Å². The zero-order chi connectivity index (χ0) is 14.7. The molecule has 1 unspecified atom stereocenters. The molecule has 0 aliphatic heterocycles. The Balaban J connectivity index is 2.33. The molecule has 1 heterocycles. The Morgan fingerprint density at radius 3 is 2.45 bits per heavy atom. The molecule has 2 aromatic rings. The summed E-state index contributed by atoms with van der Waals surface area (Å²) in [5.41, 5.74) is 9.46. The van der Waals surface area contributed by atoms with E-state index < -0.39 is 0 Å². The minimum atomic E-state index is -0.00829. The van der Waals surface area contributed by atoms with E-state index in [0.717, 1.165) is 27.8 Å². The van der Waals surface area contributed by atoms with Crippen molar-refractivity contribution in [1.29, 1.82) is 0 Å². The van der Waals surface area contributed by atoms with Gasteiger partial charge in [-0.2, -0.15) is 0 Å². The van der Waals surface area contributed by atoms with Gasteiger partial charge in [-0.25, -0.2) is 4.98 Å². The molecule has 1 atom stereocenters. The lowest BCUT2D eigenvalue weighted by atomic mass is 10.1. The molecule has 0 amide bonds. The highest BCUT2D eigenvalue weighted by Crippen LogP contribution is 2.34. The number of thiazole rings is 1. The number of hydrogen-bond donors (Lipinski definition) is 2. The largest absolute Gasteiger partial charge is 0.365 e. The molecule has 0 aliphatic carbocycles. The lowest BCUT2D eigenvalue weighted by Gasteiger charge is -2.10. The smallest absolute Gasteiger partial charge is 0.183 e. The fourth-order valence-electron chi connectivity index (χ4n) is 2.09. The third kappa shape index (κ3) is 3.36. The van der Waals surface area contributed by atoms with Crippen molar-refractivity contribution in [2.24, 2.45) is 5.73 Å². The summed E-state index contributed by atoms with van der Waals surface area (Å²) >= 11 is 1.62. The number of nitrogens with zero attached hydrogens (tertiary/aromatic N) is 2. The SMILES string of the molecule is CNc1nc(-c2ccc(CN(C)C)cc2)c(C(C)N)s1. The van der Waals surface area contributed by atoms with Gasteiger partial charge in [0.1, 0.15) is 0 Å². The zero-order valence-electron chi connectivity index (χ0n) is 12.5. The summed E-state index contributed by atoms with van der Waals surface area (Å²) in [7, 11) is 6.03. The van der Waals surface area contributed by atoms with Crippen LogP contribution in [0.1, 0.15) is 23.4 Å². The molecule has 0 fully saturated rings. The van der Waals surface area contributed by atoms with Crippen LogP contribution in [0.4, 0.5) is 5.13 Å². The summed E-state index contributed by atoms with van der Waals surface area (Å²) in [6, 6.07) is 8.54. The van der Waals surface area contributed by atoms with Gasteiger partial charge in [-0.05, 0) is 26.6 Å². The lowest BCUT2D eigenvalue weighted by Crippen LogP contribution is -2.10. The zero-order valence-corrected chi connectivity index (χ0v) is 13.3. The van der Waals surface area contributed by atoms with E-state index >= 15 is 0 Å². The third-order valence-corrected chi connectivity index (χ3v) is 4.28. The number of aromatic nitrogens is 1. The normalized spacial score (nSPS) is 12.7. The van der Waals surface area contributed by atoms with E-state index in [2.05, 4.69) is 53.6 Å². The number of hydrogen-bond acceptors (Lipinski definition) is 5. The molecule has 4 nitrogen and oxygen atoms in total. The van der Waals surface area contributed by atoms with Crippen LogP contribution in [-0.2, 0) is 6.54 Å². The van der Waals surface area contributed by atoms with E-state index in [1.54, 1.807) is 11.3 Å². The number of anilines is 1. The highest BCUT2D eigenvalue weighted by atomic mass is 32.1. The van der Waals surface area contributed by atoms with Gasteiger partial charge in [-0.3, -0.25) is 0 Å². The van der Waals surface area contributed by atoms with Crippen molar-refractivity contribution in [2.75, 3.05) is 26.5 Å². The molecule has 1 aromatic heterocycles. The van der Waals surface area contributed by atoms with Crippen LogP contribution in [0.15, 0.2) is 24.3 Å². The predicted molar refractivity (Wildman–Crippen MR) is 87.1 cm³/mol. The first kappa shape index (κ1) is 15.0. The average Bonchev–Trinajstić information content (AvgIpc) is 2.83. The first-order chi connectivity index (χ1) is 9.51. The fourth-order valence-corrected chi connectivity index (χ4v) is 2.98. The minimum Gasteiger partial charge on any atom is -0.365 e. The molecule has 3 N–H and O–H groups in total. The van der Waals surface area contributed by atoms with Crippen LogP contribution in [0.3, 0.4) is 0 Å². The first-order valence-electron chi connectivity index (χ1n) is 6.69. The van der Waals surface area contributed by atoms with Crippen molar-refractivity contribution in [2.45, 2.75) is 19.5 Å². The predicted octanol–water partition coefficient (Wildman–Crippen LogP) is 2.93. The second-order valence-electron chi connectivity index (χ2n) is 5.21. The Bertz CT molecular complexity index is 558. The summed E-state index contributed by atoms with van der Waals surface area (Å²) < 4.78 is 0. The molecule has 2 rings (SSSR count). The molecule has 0 radical (unpaired) electrons. The molecule has 0 saturated carbocycles. The Hall–Kier alpha value is -1.43. The second-order valence-corrected chi connectivity index (χ2v) is 6.24.